The lowest BCUT2D eigenvalue weighted by atomic mass is 10.2. The number of ether oxygens (including phenoxy) is 1. The number of nitrogens with zero attached hydrogens (tertiary/aromatic N) is 5. The molecule has 0 spiro atoms. The molecule has 2 aromatic heterocycles. The minimum Gasteiger partial charge on any atom is -0.382 e. The third-order valence-corrected chi connectivity index (χ3v) is 4.09. The number of pyridine rings is 1. The van der Waals surface area contributed by atoms with Crippen molar-refractivity contribution in [2.75, 3.05) is 43.9 Å². The molecule has 11 heteroatoms. The summed E-state index contributed by atoms with van der Waals surface area (Å²) in [7, 11) is 1.93. The van der Waals surface area contributed by atoms with E-state index in [0.29, 0.717) is 13.2 Å². The maximum atomic E-state index is 13.3. The second kappa shape index (κ2) is 8.37. The summed E-state index contributed by atoms with van der Waals surface area (Å²) in [5, 5.41) is 14.3. The molecule has 3 rings (SSSR count). The molecule has 0 saturated carbocycles. The zero-order valence-corrected chi connectivity index (χ0v) is 15.0. The van der Waals surface area contributed by atoms with Gasteiger partial charge < -0.3 is 20.3 Å². The number of nitrogens with one attached hydrogen (secondary N) is 2. The molecule has 0 bridgehead atoms. The number of rotatable bonds is 5. The van der Waals surface area contributed by atoms with Crippen LogP contribution in [0.2, 0.25) is 0 Å². The van der Waals surface area contributed by atoms with Crippen molar-refractivity contribution >= 4 is 17.3 Å². The van der Waals surface area contributed by atoms with Crippen molar-refractivity contribution in [3.63, 3.8) is 0 Å². The van der Waals surface area contributed by atoms with E-state index in [1.54, 1.807) is 0 Å². The molecule has 3 heterocycles. The minimum atomic E-state index is -4.55. The molecular weight excluding hydrogens is 375 g/mol. The molecule has 1 aliphatic rings. The van der Waals surface area contributed by atoms with Crippen LogP contribution in [0.15, 0.2) is 24.7 Å². The number of hydrogen-bond donors (Lipinski definition) is 2. The summed E-state index contributed by atoms with van der Waals surface area (Å²) >= 11 is 0. The van der Waals surface area contributed by atoms with Crippen molar-refractivity contribution in [2.24, 2.45) is 0 Å². The van der Waals surface area contributed by atoms with Crippen LogP contribution in [0, 0.1) is 11.3 Å². The van der Waals surface area contributed by atoms with Crippen LogP contribution < -0.4 is 10.6 Å². The number of morpholine rings is 1. The molecule has 148 valence electrons. The SMILES string of the molecule is CN1CCO[C@@H](CNc2cc(Nc3cnc(C#N)cn3)ncc2C(F)(F)F)C1. The van der Waals surface area contributed by atoms with Gasteiger partial charge in [-0.2, -0.15) is 18.4 Å². The van der Waals surface area contributed by atoms with Gasteiger partial charge in [-0.3, -0.25) is 0 Å². The Bertz CT molecular complexity index is 851. The molecule has 8 nitrogen and oxygen atoms in total. The van der Waals surface area contributed by atoms with Crippen LogP contribution in [0.4, 0.5) is 30.5 Å². The second-order valence-corrected chi connectivity index (χ2v) is 6.27. The number of aromatic nitrogens is 3. The van der Waals surface area contributed by atoms with Crippen molar-refractivity contribution in [1.82, 2.24) is 19.9 Å². The molecule has 0 radical (unpaired) electrons. The molecule has 0 aromatic carbocycles. The van der Waals surface area contributed by atoms with Crippen LogP contribution in [-0.4, -0.2) is 59.2 Å². The van der Waals surface area contributed by atoms with Gasteiger partial charge in [-0.25, -0.2) is 15.0 Å². The van der Waals surface area contributed by atoms with Crippen LogP contribution in [0.5, 0.6) is 0 Å². The van der Waals surface area contributed by atoms with Crippen molar-refractivity contribution < 1.29 is 17.9 Å². The number of likely N-dealkylation sites (N-methyl/N-ethyl adjacent to an activating group) is 1. The molecule has 2 N–H and O–H groups in total. The Morgan fingerprint density at radius 1 is 1.25 bits per heavy atom. The Morgan fingerprint density at radius 3 is 2.68 bits per heavy atom. The predicted molar refractivity (Wildman–Crippen MR) is 95.0 cm³/mol. The van der Waals surface area contributed by atoms with Crippen LogP contribution in [0.3, 0.4) is 0 Å². The molecule has 1 aliphatic heterocycles. The topological polar surface area (TPSA) is 99.0 Å². The number of halogens is 3. The average molecular weight is 393 g/mol. The van der Waals surface area contributed by atoms with Crippen molar-refractivity contribution in [3.05, 3.63) is 35.9 Å². The Kier molecular flexibility index (Phi) is 5.91. The van der Waals surface area contributed by atoms with Gasteiger partial charge in [0.1, 0.15) is 17.7 Å². The molecule has 1 fully saturated rings. The summed E-state index contributed by atoms with van der Waals surface area (Å²) in [6.45, 7) is 2.19. The summed E-state index contributed by atoms with van der Waals surface area (Å²) in [6, 6.07) is 3.09. The van der Waals surface area contributed by atoms with Gasteiger partial charge in [-0.1, -0.05) is 0 Å². The Morgan fingerprint density at radius 2 is 2.04 bits per heavy atom. The van der Waals surface area contributed by atoms with E-state index < -0.39 is 11.7 Å². The van der Waals surface area contributed by atoms with Gasteiger partial charge in [0, 0.05) is 31.9 Å². The summed E-state index contributed by atoms with van der Waals surface area (Å²) in [5.41, 5.74) is -0.845. The standard InChI is InChI=1S/C17H18F3N7O/c1-27-2-3-28-12(10-27)7-23-14-4-15(25-8-13(14)17(18,19)20)26-16-9-22-11(5-21)6-24-16/h4,6,8-9,12H,2-3,7,10H2,1H3,(H2,23,24,25,26)/t12-/m0/s1. The lowest BCUT2D eigenvalue weighted by molar-refractivity contribution is -0.137. The summed E-state index contributed by atoms with van der Waals surface area (Å²) < 4.78 is 45.6. The second-order valence-electron chi connectivity index (χ2n) is 6.27. The smallest absolute Gasteiger partial charge is 0.382 e. The maximum Gasteiger partial charge on any atom is 0.419 e. The molecule has 1 atom stereocenters. The van der Waals surface area contributed by atoms with E-state index in [2.05, 4.69) is 30.5 Å². The van der Waals surface area contributed by atoms with E-state index in [-0.39, 0.29) is 35.7 Å². The van der Waals surface area contributed by atoms with Gasteiger partial charge in [-0.15, -0.1) is 0 Å². The maximum absolute atomic E-state index is 13.3. The molecule has 0 amide bonds. The normalized spacial score (nSPS) is 17.8. The fourth-order valence-corrected chi connectivity index (χ4v) is 2.69. The van der Waals surface area contributed by atoms with Crippen LogP contribution in [0.1, 0.15) is 11.3 Å². The van der Waals surface area contributed by atoms with E-state index in [1.807, 2.05) is 13.1 Å². The van der Waals surface area contributed by atoms with Gasteiger partial charge in [0.2, 0.25) is 0 Å². The molecule has 1 saturated heterocycles. The zero-order valence-electron chi connectivity index (χ0n) is 15.0. The van der Waals surface area contributed by atoms with Gasteiger partial charge >= 0.3 is 6.18 Å². The highest BCUT2D eigenvalue weighted by molar-refractivity contribution is 5.62. The quantitative estimate of drug-likeness (QED) is 0.798. The number of alkyl halides is 3. The predicted octanol–water partition coefficient (Wildman–Crippen LogP) is 2.25. The largest absolute Gasteiger partial charge is 0.419 e. The zero-order chi connectivity index (χ0) is 20.1. The van der Waals surface area contributed by atoms with Gasteiger partial charge in [0.05, 0.1) is 36.4 Å². The number of anilines is 3. The van der Waals surface area contributed by atoms with E-state index in [0.717, 1.165) is 12.7 Å². The van der Waals surface area contributed by atoms with Gasteiger partial charge in [-0.05, 0) is 7.05 Å². The third kappa shape index (κ3) is 5.05. The Hall–Kier alpha value is -2.97. The minimum absolute atomic E-state index is 0.108. The fourth-order valence-electron chi connectivity index (χ4n) is 2.69. The molecule has 0 aliphatic carbocycles. The first kappa shape index (κ1) is 19.8. The van der Waals surface area contributed by atoms with Crippen molar-refractivity contribution in [2.45, 2.75) is 12.3 Å². The lowest BCUT2D eigenvalue weighted by Gasteiger charge is -2.30. The number of nitriles is 1. The first-order valence-corrected chi connectivity index (χ1v) is 8.45. The molecule has 0 unspecified atom stereocenters. The van der Waals surface area contributed by atoms with Crippen molar-refractivity contribution in [3.8, 4) is 6.07 Å². The Balaban J connectivity index is 1.77. The summed E-state index contributed by atoms with van der Waals surface area (Å²) in [4.78, 5) is 13.7. The molecule has 28 heavy (non-hydrogen) atoms. The highest BCUT2D eigenvalue weighted by Gasteiger charge is 2.34. The highest BCUT2D eigenvalue weighted by atomic mass is 19.4. The van der Waals surface area contributed by atoms with Crippen molar-refractivity contribution in [1.29, 1.82) is 5.26 Å². The van der Waals surface area contributed by atoms with Crippen LogP contribution >= 0.6 is 0 Å². The van der Waals surface area contributed by atoms with Gasteiger partial charge in [0.25, 0.3) is 0 Å². The molecular formula is C17H18F3N7O. The van der Waals surface area contributed by atoms with Crippen LogP contribution in [-0.2, 0) is 10.9 Å². The Labute approximate surface area is 159 Å². The lowest BCUT2D eigenvalue weighted by Crippen LogP contribution is -2.43. The fraction of sp³-hybridized carbons (Fsp3) is 0.412. The monoisotopic (exact) mass is 393 g/mol. The number of hydrogen-bond acceptors (Lipinski definition) is 8. The van der Waals surface area contributed by atoms with Crippen LogP contribution in [0.25, 0.3) is 0 Å². The molecule has 2 aromatic rings. The van der Waals surface area contributed by atoms with E-state index >= 15 is 0 Å². The average Bonchev–Trinajstić information content (AvgIpc) is 2.66. The summed E-state index contributed by atoms with van der Waals surface area (Å²) in [5.74, 6) is 0.422. The van der Waals surface area contributed by atoms with E-state index in [1.165, 1.54) is 18.5 Å². The summed E-state index contributed by atoms with van der Waals surface area (Å²) in [6.07, 6.45) is -1.45. The van der Waals surface area contributed by atoms with E-state index in [4.69, 9.17) is 10.00 Å². The third-order valence-electron chi connectivity index (χ3n) is 4.09. The van der Waals surface area contributed by atoms with Gasteiger partial charge in [0.15, 0.2) is 5.69 Å². The first-order chi connectivity index (χ1) is 13.3. The van der Waals surface area contributed by atoms with E-state index in [9.17, 15) is 13.2 Å². The highest BCUT2D eigenvalue weighted by Crippen LogP contribution is 2.35. The first-order valence-electron chi connectivity index (χ1n) is 8.45.